The number of amides is 1. The van der Waals surface area contributed by atoms with Crippen LogP contribution in [0.15, 0.2) is 42.6 Å². The first-order chi connectivity index (χ1) is 12.6. The van der Waals surface area contributed by atoms with Crippen LogP contribution in [-0.4, -0.2) is 56.1 Å². The first-order valence-corrected chi connectivity index (χ1v) is 9.13. The Morgan fingerprint density at radius 1 is 1.08 bits per heavy atom. The zero-order valence-corrected chi connectivity index (χ0v) is 15.5. The minimum absolute atomic E-state index is 0.196. The summed E-state index contributed by atoms with van der Waals surface area (Å²) in [6.07, 6.45) is 4.20. The van der Waals surface area contributed by atoms with Crippen molar-refractivity contribution in [3.05, 3.63) is 48.3 Å². The predicted octanol–water partition coefficient (Wildman–Crippen LogP) is 2.91. The summed E-state index contributed by atoms with van der Waals surface area (Å²) < 4.78 is 0. The van der Waals surface area contributed by atoms with Gasteiger partial charge in [-0.1, -0.05) is 0 Å². The van der Waals surface area contributed by atoms with Crippen LogP contribution in [0.2, 0.25) is 0 Å². The number of pyridine rings is 1. The number of rotatable bonds is 7. The van der Waals surface area contributed by atoms with Gasteiger partial charge >= 0.3 is 0 Å². The molecule has 6 nitrogen and oxygen atoms in total. The van der Waals surface area contributed by atoms with E-state index in [1.54, 1.807) is 12.3 Å². The van der Waals surface area contributed by atoms with Crippen molar-refractivity contribution in [2.45, 2.75) is 12.8 Å². The fourth-order valence-electron chi connectivity index (χ4n) is 2.98. The maximum absolute atomic E-state index is 12.4. The molecule has 2 aromatic rings. The zero-order chi connectivity index (χ0) is 18.4. The molecule has 138 valence electrons. The average molecular weight is 353 g/mol. The van der Waals surface area contributed by atoms with Gasteiger partial charge < -0.3 is 20.4 Å². The van der Waals surface area contributed by atoms with Gasteiger partial charge in [-0.3, -0.25) is 4.79 Å². The quantitative estimate of drug-likeness (QED) is 0.801. The molecular weight excluding hydrogens is 326 g/mol. The van der Waals surface area contributed by atoms with Crippen LogP contribution in [0.25, 0.3) is 0 Å². The van der Waals surface area contributed by atoms with Crippen LogP contribution in [-0.2, 0) is 0 Å². The van der Waals surface area contributed by atoms with Gasteiger partial charge in [0.1, 0.15) is 5.69 Å². The summed E-state index contributed by atoms with van der Waals surface area (Å²) in [6.45, 7) is 4.01. The van der Waals surface area contributed by atoms with Crippen molar-refractivity contribution in [2.75, 3.05) is 55.8 Å². The molecule has 0 aliphatic carbocycles. The Balaban J connectivity index is 1.54. The second-order valence-corrected chi connectivity index (χ2v) is 6.86. The number of carbonyl (C=O) groups excluding carboxylic acids is 1. The molecule has 0 bridgehead atoms. The molecule has 1 aliphatic rings. The Kier molecular flexibility index (Phi) is 6.07. The number of hydrogen-bond donors (Lipinski definition) is 2. The summed E-state index contributed by atoms with van der Waals surface area (Å²) in [4.78, 5) is 21.1. The molecule has 0 atom stereocenters. The number of likely N-dealkylation sites (N-methyl/N-ethyl adjacent to an activating group) is 1. The van der Waals surface area contributed by atoms with Crippen LogP contribution in [0, 0.1) is 0 Å². The van der Waals surface area contributed by atoms with Crippen LogP contribution in [0.1, 0.15) is 23.3 Å². The van der Waals surface area contributed by atoms with Crippen LogP contribution in [0.5, 0.6) is 0 Å². The fraction of sp³-hybridized carbons (Fsp3) is 0.400. The second kappa shape index (κ2) is 8.67. The molecule has 26 heavy (non-hydrogen) atoms. The molecule has 0 radical (unpaired) electrons. The van der Waals surface area contributed by atoms with Crippen molar-refractivity contribution in [1.29, 1.82) is 0 Å². The molecule has 0 spiro atoms. The van der Waals surface area contributed by atoms with E-state index in [-0.39, 0.29) is 5.91 Å². The summed E-state index contributed by atoms with van der Waals surface area (Å²) in [5.74, 6) is -0.196. The van der Waals surface area contributed by atoms with Gasteiger partial charge in [-0.15, -0.1) is 0 Å². The highest BCUT2D eigenvalue weighted by atomic mass is 16.1. The highest BCUT2D eigenvalue weighted by Gasteiger charge is 2.12. The molecule has 2 heterocycles. The molecule has 1 fully saturated rings. The summed E-state index contributed by atoms with van der Waals surface area (Å²) >= 11 is 0. The molecule has 1 aromatic heterocycles. The molecular formula is C20H27N5O. The Morgan fingerprint density at radius 2 is 1.77 bits per heavy atom. The molecule has 0 saturated carbocycles. The van der Waals surface area contributed by atoms with E-state index in [2.05, 4.69) is 37.6 Å². The summed E-state index contributed by atoms with van der Waals surface area (Å²) in [6, 6.07) is 11.6. The fourth-order valence-corrected chi connectivity index (χ4v) is 2.98. The Hall–Kier alpha value is -2.60. The van der Waals surface area contributed by atoms with Gasteiger partial charge in [0.15, 0.2) is 0 Å². The van der Waals surface area contributed by atoms with Gasteiger partial charge in [-0.25, -0.2) is 4.98 Å². The van der Waals surface area contributed by atoms with Gasteiger partial charge in [-0.05, 0) is 63.3 Å². The third-order valence-corrected chi connectivity index (χ3v) is 4.48. The lowest BCUT2D eigenvalue weighted by molar-refractivity contribution is 0.102. The second-order valence-electron chi connectivity index (χ2n) is 6.86. The van der Waals surface area contributed by atoms with Crippen molar-refractivity contribution in [3.63, 3.8) is 0 Å². The lowest BCUT2D eigenvalue weighted by Crippen LogP contribution is -2.21. The number of aromatic nitrogens is 1. The van der Waals surface area contributed by atoms with E-state index in [0.717, 1.165) is 37.6 Å². The van der Waals surface area contributed by atoms with Crippen molar-refractivity contribution in [2.24, 2.45) is 0 Å². The van der Waals surface area contributed by atoms with Crippen molar-refractivity contribution in [1.82, 2.24) is 9.88 Å². The highest BCUT2D eigenvalue weighted by Crippen LogP contribution is 2.22. The first kappa shape index (κ1) is 18.2. The molecule has 1 aromatic carbocycles. The molecule has 3 rings (SSSR count). The molecule has 6 heteroatoms. The number of hydrogen-bond acceptors (Lipinski definition) is 5. The Bertz CT molecular complexity index is 706. The van der Waals surface area contributed by atoms with Crippen LogP contribution >= 0.6 is 0 Å². The smallest absolute Gasteiger partial charge is 0.274 e. The SMILES string of the molecule is CN(C)CCNc1ccc(C(=O)Nc2ccc(N3CCCC3)cc2)nc1. The maximum Gasteiger partial charge on any atom is 0.274 e. The van der Waals surface area contributed by atoms with Crippen molar-refractivity contribution >= 4 is 23.0 Å². The number of benzene rings is 1. The standard InChI is InChI=1S/C20H27N5O/c1-24(2)14-11-21-17-7-10-19(22-15-17)20(26)23-16-5-8-18(9-6-16)25-12-3-4-13-25/h5-10,15,21H,3-4,11-14H2,1-2H3,(H,23,26). The predicted molar refractivity (Wildman–Crippen MR) is 107 cm³/mol. The monoisotopic (exact) mass is 353 g/mol. The van der Waals surface area contributed by atoms with E-state index < -0.39 is 0 Å². The van der Waals surface area contributed by atoms with Gasteiger partial charge in [0.25, 0.3) is 5.91 Å². The van der Waals surface area contributed by atoms with Crippen LogP contribution in [0.3, 0.4) is 0 Å². The molecule has 1 saturated heterocycles. The van der Waals surface area contributed by atoms with E-state index in [1.807, 2.05) is 32.3 Å². The lowest BCUT2D eigenvalue weighted by Gasteiger charge is -2.17. The van der Waals surface area contributed by atoms with E-state index in [0.29, 0.717) is 5.69 Å². The van der Waals surface area contributed by atoms with E-state index in [4.69, 9.17) is 0 Å². The minimum atomic E-state index is -0.196. The van der Waals surface area contributed by atoms with Gasteiger partial charge in [0, 0.05) is 37.6 Å². The van der Waals surface area contributed by atoms with Gasteiger partial charge in [0.05, 0.1) is 11.9 Å². The van der Waals surface area contributed by atoms with E-state index in [9.17, 15) is 4.79 Å². The molecule has 1 amide bonds. The average Bonchev–Trinajstić information content (AvgIpc) is 3.17. The number of carbonyl (C=O) groups is 1. The van der Waals surface area contributed by atoms with E-state index >= 15 is 0 Å². The minimum Gasteiger partial charge on any atom is -0.383 e. The molecule has 0 unspecified atom stereocenters. The topological polar surface area (TPSA) is 60.5 Å². The van der Waals surface area contributed by atoms with Gasteiger partial charge in [0.2, 0.25) is 0 Å². The highest BCUT2D eigenvalue weighted by molar-refractivity contribution is 6.03. The van der Waals surface area contributed by atoms with Crippen molar-refractivity contribution in [3.8, 4) is 0 Å². The Morgan fingerprint density at radius 3 is 2.38 bits per heavy atom. The van der Waals surface area contributed by atoms with E-state index in [1.165, 1.54) is 18.5 Å². The third kappa shape index (κ3) is 4.95. The summed E-state index contributed by atoms with van der Waals surface area (Å²) in [5.41, 5.74) is 3.32. The Labute approximate surface area is 155 Å². The van der Waals surface area contributed by atoms with Crippen LogP contribution < -0.4 is 15.5 Å². The van der Waals surface area contributed by atoms with Crippen LogP contribution in [0.4, 0.5) is 17.1 Å². The summed E-state index contributed by atoms with van der Waals surface area (Å²) in [7, 11) is 4.07. The molecule has 1 aliphatic heterocycles. The van der Waals surface area contributed by atoms with Crippen molar-refractivity contribution < 1.29 is 4.79 Å². The first-order valence-electron chi connectivity index (χ1n) is 9.13. The third-order valence-electron chi connectivity index (χ3n) is 4.48. The maximum atomic E-state index is 12.4. The lowest BCUT2D eigenvalue weighted by atomic mass is 10.2. The molecule has 2 N–H and O–H groups in total. The normalized spacial score (nSPS) is 13.9. The number of anilines is 3. The zero-order valence-electron chi connectivity index (χ0n) is 15.5. The summed E-state index contributed by atoms with van der Waals surface area (Å²) in [5, 5.41) is 6.19. The number of nitrogens with zero attached hydrogens (tertiary/aromatic N) is 3. The largest absolute Gasteiger partial charge is 0.383 e. The number of nitrogens with one attached hydrogen (secondary N) is 2. The van der Waals surface area contributed by atoms with Gasteiger partial charge in [-0.2, -0.15) is 0 Å².